The summed E-state index contributed by atoms with van der Waals surface area (Å²) in [6.45, 7) is -0.841. The van der Waals surface area contributed by atoms with E-state index >= 15 is 0 Å². The van der Waals surface area contributed by atoms with E-state index in [9.17, 15) is 19.2 Å². The van der Waals surface area contributed by atoms with Crippen LogP contribution in [0, 0.1) is 0 Å². The molecule has 0 fully saturated rings. The van der Waals surface area contributed by atoms with Crippen molar-refractivity contribution in [3.8, 4) is 0 Å². The highest BCUT2D eigenvalue weighted by Gasteiger charge is 2.43. The first-order valence-corrected chi connectivity index (χ1v) is 8.73. The van der Waals surface area contributed by atoms with Gasteiger partial charge in [0.15, 0.2) is 11.5 Å². The topological polar surface area (TPSA) is 96.0 Å². The fraction of sp³-hybridized carbons (Fsp3) is 0.143. The summed E-state index contributed by atoms with van der Waals surface area (Å²) < 4.78 is 13.8. The summed E-state index contributed by atoms with van der Waals surface area (Å²) >= 11 is 6.65. The third-order valence-corrected chi connectivity index (χ3v) is 4.31. The molecule has 150 valence electrons. The fourth-order valence-corrected chi connectivity index (χ4v) is 2.61. The van der Waals surface area contributed by atoms with Crippen LogP contribution in [0.5, 0.6) is 0 Å². The number of carbonyl (C=O) groups is 4. The van der Waals surface area contributed by atoms with Crippen LogP contribution in [-0.4, -0.2) is 37.6 Å². The monoisotopic (exact) mass is 416 g/mol. The van der Waals surface area contributed by atoms with Gasteiger partial charge in [-0.3, -0.25) is 0 Å². The van der Waals surface area contributed by atoms with Crippen molar-refractivity contribution in [2.75, 3.05) is 13.7 Å². The molecule has 2 aromatic carbocycles. The molecule has 8 heteroatoms. The Labute approximate surface area is 171 Å². The molecule has 0 atom stereocenters. The number of methoxy groups -OCH3 is 1. The van der Waals surface area contributed by atoms with Crippen LogP contribution in [0.1, 0.15) is 11.1 Å². The van der Waals surface area contributed by atoms with Gasteiger partial charge in [-0.2, -0.15) is 0 Å². The highest BCUT2D eigenvalue weighted by Crippen LogP contribution is 2.38. The number of rotatable bonds is 7. The van der Waals surface area contributed by atoms with Crippen molar-refractivity contribution in [2.45, 2.75) is 4.87 Å². The second-order valence-electron chi connectivity index (χ2n) is 5.62. The Balaban J connectivity index is 2.11. The SMILES string of the molecule is COC(=O)/C=C/C(=O)OCC(=O)OC(=O)C(Cl)(c1ccccc1)c1ccccc1. The molecule has 0 aliphatic heterocycles. The summed E-state index contributed by atoms with van der Waals surface area (Å²) in [5.74, 6) is -3.91. The molecule has 0 saturated heterocycles. The lowest BCUT2D eigenvalue weighted by Gasteiger charge is -2.25. The smallest absolute Gasteiger partial charge is 0.351 e. The lowest BCUT2D eigenvalue weighted by atomic mass is 9.90. The maximum atomic E-state index is 12.8. The van der Waals surface area contributed by atoms with Gasteiger partial charge in [0.05, 0.1) is 7.11 Å². The molecule has 0 spiro atoms. The fourth-order valence-electron chi connectivity index (χ4n) is 2.32. The van der Waals surface area contributed by atoms with Crippen molar-refractivity contribution in [3.05, 3.63) is 83.9 Å². The highest BCUT2D eigenvalue weighted by molar-refractivity contribution is 6.36. The molecular formula is C21H17ClO7. The third kappa shape index (κ3) is 5.76. The number of ether oxygens (including phenoxy) is 3. The number of hydrogen-bond donors (Lipinski definition) is 0. The molecule has 0 N–H and O–H groups in total. The van der Waals surface area contributed by atoms with Crippen LogP contribution < -0.4 is 0 Å². The third-order valence-electron chi connectivity index (χ3n) is 3.72. The Morgan fingerprint density at radius 1 is 0.862 bits per heavy atom. The van der Waals surface area contributed by atoms with Gasteiger partial charge in [0, 0.05) is 12.2 Å². The van der Waals surface area contributed by atoms with Crippen LogP contribution in [0.25, 0.3) is 0 Å². The standard InChI is InChI=1S/C21H17ClO7/c1-27-17(23)12-13-18(24)28-14-19(25)29-20(26)21(22,15-8-4-2-5-9-15)16-10-6-3-7-11-16/h2-13H,14H2,1H3/b13-12+. The molecule has 7 nitrogen and oxygen atoms in total. The summed E-state index contributed by atoms with van der Waals surface area (Å²) in [5.41, 5.74) is 0.812. The van der Waals surface area contributed by atoms with E-state index in [1.54, 1.807) is 60.7 Å². The zero-order chi connectivity index (χ0) is 21.3. The Hall–Kier alpha value is -3.45. The van der Waals surface area contributed by atoms with E-state index in [1.165, 1.54) is 0 Å². The number of carbonyl (C=O) groups excluding carboxylic acids is 4. The number of alkyl halides is 1. The van der Waals surface area contributed by atoms with Crippen LogP contribution in [0.2, 0.25) is 0 Å². The largest absolute Gasteiger partial charge is 0.466 e. The minimum atomic E-state index is -1.77. The highest BCUT2D eigenvalue weighted by atomic mass is 35.5. The van der Waals surface area contributed by atoms with Gasteiger partial charge in [-0.1, -0.05) is 72.3 Å². The summed E-state index contributed by atoms with van der Waals surface area (Å²) in [6.07, 6.45) is 1.61. The Morgan fingerprint density at radius 2 is 1.34 bits per heavy atom. The van der Waals surface area contributed by atoms with Crippen LogP contribution >= 0.6 is 11.6 Å². The van der Waals surface area contributed by atoms with Crippen LogP contribution in [-0.2, 0) is 38.3 Å². The molecule has 0 aromatic heterocycles. The molecule has 0 amide bonds. The van der Waals surface area contributed by atoms with Gasteiger partial charge < -0.3 is 14.2 Å². The first-order valence-electron chi connectivity index (χ1n) is 8.35. The minimum Gasteiger partial charge on any atom is -0.466 e. The molecule has 29 heavy (non-hydrogen) atoms. The van der Waals surface area contributed by atoms with E-state index in [4.69, 9.17) is 16.3 Å². The second-order valence-corrected chi connectivity index (χ2v) is 6.18. The molecule has 0 saturated carbocycles. The van der Waals surface area contributed by atoms with Gasteiger partial charge in [-0.05, 0) is 11.1 Å². The van der Waals surface area contributed by atoms with Crippen LogP contribution in [0.3, 0.4) is 0 Å². The Bertz CT molecular complexity index is 868. The maximum absolute atomic E-state index is 12.8. The predicted molar refractivity (Wildman–Crippen MR) is 103 cm³/mol. The van der Waals surface area contributed by atoms with Crippen molar-refractivity contribution in [1.29, 1.82) is 0 Å². The number of esters is 4. The molecular weight excluding hydrogens is 400 g/mol. The first kappa shape index (κ1) is 21.8. The van der Waals surface area contributed by atoms with Gasteiger partial charge in [0.25, 0.3) is 0 Å². The second kappa shape index (κ2) is 10.2. The van der Waals surface area contributed by atoms with Crippen molar-refractivity contribution >= 4 is 35.5 Å². The van der Waals surface area contributed by atoms with E-state index in [0.717, 1.165) is 19.3 Å². The van der Waals surface area contributed by atoms with E-state index in [0.29, 0.717) is 11.1 Å². The van der Waals surface area contributed by atoms with E-state index in [1.807, 2.05) is 0 Å². The van der Waals surface area contributed by atoms with Gasteiger partial charge >= 0.3 is 23.9 Å². The number of hydrogen-bond acceptors (Lipinski definition) is 7. The molecule has 0 heterocycles. The van der Waals surface area contributed by atoms with Crippen molar-refractivity contribution in [2.24, 2.45) is 0 Å². The molecule has 2 aromatic rings. The van der Waals surface area contributed by atoms with E-state index < -0.39 is 35.4 Å². The zero-order valence-electron chi connectivity index (χ0n) is 15.4. The van der Waals surface area contributed by atoms with Crippen molar-refractivity contribution in [1.82, 2.24) is 0 Å². The molecule has 0 aliphatic carbocycles. The zero-order valence-corrected chi connectivity index (χ0v) is 16.1. The van der Waals surface area contributed by atoms with Gasteiger partial charge in [0.1, 0.15) is 0 Å². The van der Waals surface area contributed by atoms with Gasteiger partial charge in [-0.15, -0.1) is 0 Å². The summed E-state index contributed by atoms with van der Waals surface area (Å²) in [6, 6.07) is 16.8. The summed E-state index contributed by atoms with van der Waals surface area (Å²) in [7, 11) is 1.14. The van der Waals surface area contributed by atoms with Gasteiger partial charge in [-0.25, -0.2) is 19.2 Å². The molecule has 2 rings (SSSR count). The maximum Gasteiger partial charge on any atom is 0.351 e. The predicted octanol–water partition coefficient (Wildman–Crippen LogP) is 2.51. The van der Waals surface area contributed by atoms with Crippen molar-refractivity contribution < 1.29 is 33.4 Å². The lowest BCUT2D eigenvalue weighted by molar-refractivity contribution is -0.167. The van der Waals surface area contributed by atoms with E-state index in [2.05, 4.69) is 9.47 Å². The summed E-state index contributed by atoms with van der Waals surface area (Å²) in [4.78, 5) is 45.4. The average Bonchev–Trinajstić information content (AvgIpc) is 2.76. The number of halogens is 1. The average molecular weight is 417 g/mol. The quantitative estimate of drug-likeness (QED) is 0.225. The van der Waals surface area contributed by atoms with Crippen LogP contribution in [0.15, 0.2) is 72.8 Å². The number of benzene rings is 2. The van der Waals surface area contributed by atoms with E-state index in [-0.39, 0.29) is 0 Å². The Morgan fingerprint density at radius 3 is 1.83 bits per heavy atom. The lowest BCUT2D eigenvalue weighted by Crippen LogP contribution is -2.35. The first-order chi connectivity index (χ1) is 13.9. The normalized spacial score (nSPS) is 11.0. The molecule has 0 radical (unpaired) electrons. The summed E-state index contributed by atoms with van der Waals surface area (Å²) in [5, 5.41) is 0. The molecule has 0 unspecified atom stereocenters. The molecule has 0 bridgehead atoms. The van der Waals surface area contributed by atoms with Crippen molar-refractivity contribution in [3.63, 3.8) is 0 Å². The minimum absolute atomic E-state index is 0.406. The van der Waals surface area contributed by atoms with Crippen LogP contribution in [0.4, 0.5) is 0 Å². The Kier molecular flexibility index (Phi) is 7.68. The molecule has 0 aliphatic rings. The van der Waals surface area contributed by atoms with Gasteiger partial charge in [0.2, 0.25) is 0 Å².